The molecule has 2 aromatic carbocycles. The van der Waals surface area contributed by atoms with Crippen LogP contribution in [0.4, 0.5) is 5.69 Å². The fourth-order valence-electron chi connectivity index (χ4n) is 3.79. The number of nitrogens with zero attached hydrogens (tertiary/aromatic N) is 3. The molecule has 0 saturated carbocycles. The monoisotopic (exact) mass is 525 g/mol. The zero-order chi connectivity index (χ0) is 26.2. The molecule has 11 heteroatoms. The first-order chi connectivity index (χ1) is 17.0. The summed E-state index contributed by atoms with van der Waals surface area (Å²) in [6.45, 7) is 5.25. The zero-order valence-electron chi connectivity index (χ0n) is 20.3. The van der Waals surface area contributed by atoms with Crippen LogP contribution >= 0.6 is 11.3 Å². The van der Waals surface area contributed by atoms with Crippen LogP contribution in [0.3, 0.4) is 0 Å². The van der Waals surface area contributed by atoms with Crippen molar-refractivity contribution >= 4 is 49.1 Å². The van der Waals surface area contributed by atoms with Crippen LogP contribution in [0.2, 0.25) is 0 Å². The van der Waals surface area contributed by atoms with Crippen molar-refractivity contribution in [1.29, 1.82) is 0 Å². The van der Waals surface area contributed by atoms with Crippen molar-refractivity contribution in [2.45, 2.75) is 31.7 Å². The van der Waals surface area contributed by atoms with Gasteiger partial charge >= 0.3 is 5.97 Å². The number of nitrogens with two attached hydrogens (primary N) is 1. The summed E-state index contributed by atoms with van der Waals surface area (Å²) in [4.78, 5) is 17.8. The van der Waals surface area contributed by atoms with Crippen LogP contribution in [0.5, 0.6) is 0 Å². The summed E-state index contributed by atoms with van der Waals surface area (Å²) in [6, 6.07) is 14.5. The standard InChI is InChI=1S/C25H27N5O4S2/c1-14(2)22(25(31)32)29-36(33,34)19-11-7-17(8-12-19)16-5-9-18(10-6-16)27-23(26)21-13-20-15(3)28-30(4)24(20)35-21/h5-14,22,29H,1-4H3,(H2,26,27)(H,31,32)/t22-/m0/s1. The SMILES string of the molecule is Cc1nn(C)c2sc(C(N)=Nc3ccc(-c4ccc(S(=O)(=O)N[C@H](C(=O)O)C(C)C)cc4)cc3)cc12. The Kier molecular flexibility index (Phi) is 6.98. The normalized spacial score (nSPS) is 13.4. The highest BCUT2D eigenvalue weighted by atomic mass is 32.2. The molecule has 0 bridgehead atoms. The van der Waals surface area contributed by atoms with Gasteiger partial charge in [0, 0.05) is 12.4 Å². The van der Waals surface area contributed by atoms with Crippen molar-refractivity contribution in [3.8, 4) is 11.1 Å². The summed E-state index contributed by atoms with van der Waals surface area (Å²) in [5.74, 6) is -1.19. The maximum atomic E-state index is 12.6. The van der Waals surface area contributed by atoms with Crippen LogP contribution in [-0.4, -0.2) is 41.2 Å². The first-order valence-corrected chi connectivity index (χ1v) is 13.5. The quantitative estimate of drug-likeness (QED) is 0.234. The zero-order valence-corrected chi connectivity index (χ0v) is 21.9. The van der Waals surface area contributed by atoms with E-state index in [2.05, 4.69) is 14.8 Å². The van der Waals surface area contributed by atoms with E-state index >= 15 is 0 Å². The predicted octanol–water partition coefficient (Wildman–Crippen LogP) is 4.03. The van der Waals surface area contributed by atoms with Crippen LogP contribution in [0.25, 0.3) is 21.3 Å². The number of sulfonamides is 1. The number of carbonyl (C=O) groups is 1. The molecule has 4 rings (SSSR count). The summed E-state index contributed by atoms with van der Waals surface area (Å²) in [5.41, 5.74) is 9.58. The highest BCUT2D eigenvalue weighted by Crippen LogP contribution is 2.29. The number of nitrogens with one attached hydrogen (secondary N) is 1. The lowest BCUT2D eigenvalue weighted by Gasteiger charge is -2.18. The second-order valence-corrected chi connectivity index (χ2v) is 11.5. The molecule has 9 nitrogen and oxygen atoms in total. The summed E-state index contributed by atoms with van der Waals surface area (Å²) in [5, 5.41) is 14.8. The van der Waals surface area contributed by atoms with Crippen molar-refractivity contribution in [1.82, 2.24) is 14.5 Å². The third-order valence-corrected chi connectivity index (χ3v) is 8.46. The van der Waals surface area contributed by atoms with Gasteiger partial charge in [0.15, 0.2) is 0 Å². The molecule has 1 atom stereocenters. The second kappa shape index (κ2) is 9.84. The number of aliphatic carboxylic acids is 1. The number of aryl methyl sites for hydroxylation is 2. The highest BCUT2D eigenvalue weighted by molar-refractivity contribution is 7.89. The topological polar surface area (TPSA) is 140 Å². The molecule has 0 unspecified atom stereocenters. The van der Waals surface area contributed by atoms with Crippen LogP contribution in [-0.2, 0) is 21.9 Å². The van der Waals surface area contributed by atoms with Gasteiger partial charge in [-0.2, -0.15) is 9.82 Å². The van der Waals surface area contributed by atoms with Gasteiger partial charge in [0.1, 0.15) is 16.7 Å². The second-order valence-electron chi connectivity index (χ2n) is 8.79. The van der Waals surface area contributed by atoms with Crippen LogP contribution < -0.4 is 10.5 Å². The van der Waals surface area contributed by atoms with Crippen LogP contribution in [0.1, 0.15) is 24.4 Å². The van der Waals surface area contributed by atoms with E-state index in [1.54, 1.807) is 26.0 Å². The van der Waals surface area contributed by atoms with Gasteiger partial charge in [-0.3, -0.25) is 9.48 Å². The molecule has 0 aliphatic heterocycles. The van der Waals surface area contributed by atoms with Gasteiger partial charge in [0.2, 0.25) is 10.0 Å². The Morgan fingerprint density at radius 2 is 1.69 bits per heavy atom. The number of hydrogen-bond donors (Lipinski definition) is 3. The van der Waals surface area contributed by atoms with Gasteiger partial charge in [-0.15, -0.1) is 11.3 Å². The molecule has 0 amide bonds. The highest BCUT2D eigenvalue weighted by Gasteiger charge is 2.28. The van der Waals surface area contributed by atoms with E-state index in [0.29, 0.717) is 11.5 Å². The van der Waals surface area contributed by atoms with Crippen molar-refractivity contribution in [2.24, 2.45) is 23.7 Å². The summed E-state index contributed by atoms with van der Waals surface area (Å²) < 4.78 is 29.4. The van der Waals surface area contributed by atoms with Gasteiger partial charge in [-0.05, 0) is 54.3 Å². The number of benzene rings is 2. The van der Waals surface area contributed by atoms with E-state index in [9.17, 15) is 18.3 Å². The average molecular weight is 526 g/mol. The largest absolute Gasteiger partial charge is 0.480 e. The van der Waals surface area contributed by atoms with Gasteiger partial charge in [-0.1, -0.05) is 38.1 Å². The molecule has 0 fully saturated rings. The van der Waals surface area contributed by atoms with E-state index in [1.165, 1.54) is 23.5 Å². The van der Waals surface area contributed by atoms with Gasteiger partial charge in [-0.25, -0.2) is 13.4 Å². The minimum atomic E-state index is -3.97. The minimum absolute atomic E-state index is 0.000847. The molecular formula is C25H27N5O4S2. The van der Waals surface area contributed by atoms with Crippen LogP contribution in [0.15, 0.2) is 64.5 Å². The molecule has 4 aromatic rings. The Morgan fingerprint density at radius 1 is 1.11 bits per heavy atom. The molecule has 36 heavy (non-hydrogen) atoms. The van der Waals surface area contributed by atoms with Crippen molar-refractivity contribution in [3.05, 3.63) is 65.2 Å². The number of amidine groups is 1. The summed E-state index contributed by atoms with van der Waals surface area (Å²) in [6.07, 6.45) is 0. The lowest BCUT2D eigenvalue weighted by molar-refractivity contribution is -0.140. The molecule has 0 aliphatic carbocycles. The molecule has 0 radical (unpaired) electrons. The number of aromatic nitrogens is 2. The summed E-state index contributed by atoms with van der Waals surface area (Å²) in [7, 11) is -2.07. The number of rotatable bonds is 8. The number of fused-ring (bicyclic) bond motifs is 1. The smallest absolute Gasteiger partial charge is 0.322 e. The van der Waals surface area contributed by atoms with Crippen LogP contribution in [0, 0.1) is 12.8 Å². The Morgan fingerprint density at radius 3 is 2.22 bits per heavy atom. The maximum absolute atomic E-state index is 12.6. The average Bonchev–Trinajstić information content (AvgIpc) is 3.39. The first kappa shape index (κ1) is 25.5. The van der Waals surface area contributed by atoms with Crippen molar-refractivity contribution in [2.75, 3.05) is 0 Å². The third-order valence-electron chi connectivity index (χ3n) is 5.78. The van der Waals surface area contributed by atoms with E-state index in [0.717, 1.165) is 31.9 Å². The number of thiophene rings is 1. The molecule has 0 saturated heterocycles. The molecule has 188 valence electrons. The van der Waals surface area contributed by atoms with Gasteiger partial charge in [0.25, 0.3) is 0 Å². The fraction of sp³-hybridized carbons (Fsp3) is 0.240. The first-order valence-electron chi connectivity index (χ1n) is 11.2. The molecule has 4 N–H and O–H groups in total. The molecule has 2 heterocycles. The molecule has 2 aromatic heterocycles. The van der Waals surface area contributed by atoms with E-state index in [1.807, 2.05) is 49.0 Å². The Bertz CT molecular complexity index is 1520. The van der Waals surface area contributed by atoms with Gasteiger partial charge in [0.05, 0.1) is 21.2 Å². The number of carboxylic acids is 1. The third kappa shape index (κ3) is 5.18. The lowest BCUT2D eigenvalue weighted by atomic mass is 10.1. The Balaban J connectivity index is 1.51. The Hall–Kier alpha value is -3.54. The van der Waals surface area contributed by atoms with Crippen molar-refractivity contribution < 1.29 is 18.3 Å². The molecule has 0 aliphatic rings. The predicted molar refractivity (Wildman–Crippen MR) is 142 cm³/mol. The fourth-order valence-corrected chi connectivity index (χ4v) is 6.15. The number of aliphatic imine (C=N–C) groups is 1. The number of carboxylic acid groups (broad SMARTS) is 1. The lowest BCUT2D eigenvalue weighted by Crippen LogP contribution is -2.44. The van der Waals surface area contributed by atoms with E-state index in [4.69, 9.17) is 5.73 Å². The van der Waals surface area contributed by atoms with Gasteiger partial charge < -0.3 is 10.8 Å². The van der Waals surface area contributed by atoms with E-state index in [-0.39, 0.29) is 4.90 Å². The van der Waals surface area contributed by atoms with Crippen molar-refractivity contribution in [3.63, 3.8) is 0 Å². The number of hydrogen-bond acceptors (Lipinski definition) is 6. The molecular weight excluding hydrogens is 498 g/mol. The molecule has 0 spiro atoms. The maximum Gasteiger partial charge on any atom is 0.322 e. The van der Waals surface area contributed by atoms with E-state index < -0.39 is 28.0 Å². The Labute approximate surface area is 213 Å². The minimum Gasteiger partial charge on any atom is -0.480 e. The summed E-state index contributed by atoms with van der Waals surface area (Å²) >= 11 is 1.54.